The summed E-state index contributed by atoms with van der Waals surface area (Å²) >= 11 is 0. The Morgan fingerprint density at radius 2 is 1.89 bits per heavy atom. The highest BCUT2D eigenvalue weighted by molar-refractivity contribution is 5.95. The number of carbonyl (C=O) groups excluding carboxylic acids is 2. The first kappa shape index (κ1) is 14.2. The number of amides is 2. The summed E-state index contributed by atoms with van der Waals surface area (Å²) in [5, 5.41) is 2.78. The number of hydrogen-bond acceptors (Lipinski definition) is 3. The molecule has 98 valence electrons. The van der Waals surface area contributed by atoms with E-state index in [9.17, 15) is 9.59 Å². The van der Waals surface area contributed by atoms with Gasteiger partial charge in [-0.2, -0.15) is 0 Å². The van der Waals surface area contributed by atoms with E-state index in [1.807, 2.05) is 6.92 Å². The van der Waals surface area contributed by atoms with Crippen molar-refractivity contribution in [3.63, 3.8) is 0 Å². The minimum atomic E-state index is -0.482. The van der Waals surface area contributed by atoms with Crippen molar-refractivity contribution in [1.29, 1.82) is 0 Å². The van der Waals surface area contributed by atoms with Gasteiger partial charge in [-0.15, -0.1) is 0 Å². The molecule has 0 aromatic heterocycles. The Kier molecular flexibility index (Phi) is 5.32. The maximum atomic E-state index is 11.8. The van der Waals surface area contributed by atoms with Gasteiger partial charge in [0.25, 0.3) is 0 Å². The molecule has 0 aliphatic carbocycles. The van der Waals surface area contributed by atoms with E-state index in [2.05, 4.69) is 5.32 Å². The zero-order valence-electron chi connectivity index (χ0n) is 10.5. The molecule has 0 bridgehead atoms. The van der Waals surface area contributed by atoms with Crippen LogP contribution in [-0.2, 0) is 4.79 Å². The Bertz CT molecular complexity index is 415. The molecular formula is C13H19N3O2. The van der Waals surface area contributed by atoms with Crippen LogP contribution >= 0.6 is 0 Å². The number of nitrogens with one attached hydrogen (secondary N) is 1. The molecule has 18 heavy (non-hydrogen) atoms. The molecular weight excluding hydrogens is 230 g/mol. The Labute approximate surface area is 107 Å². The average molecular weight is 249 g/mol. The molecule has 1 atom stereocenters. The quantitative estimate of drug-likeness (QED) is 0.704. The molecule has 1 aromatic carbocycles. The van der Waals surface area contributed by atoms with Crippen LogP contribution in [0.3, 0.4) is 0 Å². The zero-order chi connectivity index (χ0) is 13.5. The van der Waals surface area contributed by atoms with Gasteiger partial charge in [0.2, 0.25) is 11.8 Å². The summed E-state index contributed by atoms with van der Waals surface area (Å²) in [5.74, 6) is -0.608. The molecule has 0 aliphatic rings. The van der Waals surface area contributed by atoms with Crippen molar-refractivity contribution in [1.82, 2.24) is 0 Å². The molecule has 0 saturated carbocycles. The van der Waals surface area contributed by atoms with Crippen molar-refractivity contribution in [2.75, 3.05) is 11.9 Å². The van der Waals surface area contributed by atoms with E-state index >= 15 is 0 Å². The highest BCUT2D eigenvalue weighted by atomic mass is 16.2. The average Bonchev–Trinajstić information content (AvgIpc) is 2.36. The predicted octanol–water partition coefficient (Wildman–Crippen LogP) is 1.10. The molecule has 0 spiro atoms. The molecule has 0 heterocycles. The third kappa shape index (κ3) is 4.18. The summed E-state index contributed by atoms with van der Waals surface area (Å²) in [5.41, 5.74) is 11.6. The maximum absolute atomic E-state index is 11.8. The first-order valence-electron chi connectivity index (χ1n) is 5.95. The Balaban J connectivity index is 2.56. The number of nitrogens with two attached hydrogens (primary N) is 2. The number of rotatable bonds is 6. The first-order valence-corrected chi connectivity index (χ1v) is 5.95. The topological polar surface area (TPSA) is 98.2 Å². The van der Waals surface area contributed by atoms with E-state index in [4.69, 9.17) is 11.5 Å². The van der Waals surface area contributed by atoms with Crippen LogP contribution in [-0.4, -0.2) is 18.4 Å². The van der Waals surface area contributed by atoms with Crippen LogP contribution in [0, 0.1) is 5.92 Å². The second kappa shape index (κ2) is 6.76. The third-order valence-corrected chi connectivity index (χ3v) is 2.73. The van der Waals surface area contributed by atoms with Gasteiger partial charge in [0, 0.05) is 17.2 Å². The minimum absolute atomic E-state index is 0.0460. The van der Waals surface area contributed by atoms with Gasteiger partial charge in [0.15, 0.2) is 0 Å². The van der Waals surface area contributed by atoms with Crippen molar-refractivity contribution in [3.05, 3.63) is 29.8 Å². The highest BCUT2D eigenvalue weighted by Gasteiger charge is 2.12. The zero-order valence-corrected chi connectivity index (χ0v) is 10.5. The van der Waals surface area contributed by atoms with Crippen molar-refractivity contribution >= 4 is 17.5 Å². The molecule has 5 heteroatoms. The van der Waals surface area contributed by atoms with E-state index in [0.717, 1.165) is 12.8 Å². The van der Waals surface area contributed by atoms with Crippen LogP contribution in [0.15, 0.2) is 24.3 Å². The number of primary amides is 1. The van der Waals surface area contributed by atoms with Crippen molar-refractivity contribution in [3.8, 4) is 0 Å². The van der Waals surface area contributed by atoms with E-state index in [1.165, 1.54) is 0 Å². The van der Waals surface area contributed by atoms with Crippen molar-refractivity contribution in [2.45, 2.75) is 19.8 Å². The lowest BCUT2D eigenvalue weighted by Crippen LogP contribution is -2.21. The fourth-order valence-corrected chi connectivity index (χ4v) is 1.54. The molecule has 1 unspecified atom stereocenters. The Morgan fingerprint density at radius 3 is 2.39 bits per heavy atom. The highest BCUT2D eigenvalue weighted by Crippen LogP contribution is 2.12. The Morgan fingerprint density at radius 1 is 1.28 bits per heavy atom. The second-order valence-electron chi connectivity index (χ2n) is 4.26. The van der Waals surface area contributed by atoms with Gasteiger partial charge in [0.05, 0.1) is 0 Å². The van der Waals surface area contributed by atoms with Crippen LogP contribution in [0.4, 0.5) is 5.69 Å². The van der Waals surface area contributed by atoms with Gasteiger partial charge >= 0.3 is 0 Å². The largest absolute Gasteiger partial charge is 0.366 e. The van der Waals surface area contributed by atoms with Crippen molar-refractivity contribution in [2.24, 2.45) is 17.4 Å². The van der Waals surface area contributed by atoms with Crippen LogP contribution in [0.2, 0.25) is 0 Å². The summed E-state index contributed by atoms with van der Waals surface area (Å²) < 4.78 is 0. The molecule has 2 amide bonds. The molecule has 0 fully saturated rings. The molecule has 0 radical (unpaired) electrons. The van der Waals surface area contributed by atoms with Crippen LogP contribution in [0.5, 0.6) is 0 Å². The predicted molar refractivity (Wildman–Crippen MR) is 71.0 cm³/mol. The molecule has 1 rings (SSSR count). The first-order chi connectivity index (χ1) is 8.54. The number of anilines is 1. The van der Waals surface area contributed by atoms with E-state index in [-0.39, 0.29) is 11.8 Å². The fourth-order valence-electron chi connectivity index (χ4n) is 1.54. The number of carbonyl (C=O) groups is 2. The molecule has 0 aliphatic heterocycles. The SMILES string of the molecule is CC(CCCN)C(=O)Nc1ccc(C(N)=O)cc1. The lowest BCUT2D eigenvalue weighted by Gasteiger charge is -2.11. The molecule has 1 aromatic rings. The molecule has 5 nitrogen and oxygen atoms in total. The molecule has 5 N–H and O–H groups in total. The van der Waals surface area contributed by atoms with Crippen molar-refractivity contribution < 1.29 is 9.59 Å². The summed E-state index contributed by atoms with van der Waals surface area (Å²) in [6.45, 7) is 2.45. The minimum Gasteiger partial charge on any atom is -0.366 e. The van der Waals surface area contributed by atoms with Crippen LogP contribution < -0.4 is 16.8 Å². The van der Waals surface area contributed by atoms with Gasteiger partial charge in [0.1, 0.15) is 0 Å². The van der Waals surface area contributed by atoms with Gasteiger partial charge < -0.3 is 16.8 Å². The number of benzene rings is 1. The van der Waals surface area contributed by atoms with Gasteiger partial charge in [-0.05, 0) is 43.7 Å². The fraction of sp³-hybridized carbons (Fsp3) is 0.385. The van der Waals surface area contributed by atoms with E-state index in [1.54, 1.807) is 24.3 Å². The third-order valence-electron chi connectivity index (χ3n) is 2.73. The second-order valence-corrected chi connectivity index (χ2v) is 4.26. The number of hydrogen-bond donors (Lipinski definition) is 3. The standard InChI is InChI=1S/C13H19N3O2/c1-9(3-2-8-14)13(18)16-11-6-4-10(5-7-11)12(15)17/h4-7,9H,2-3,8,14H2,1H3,(H2,15,17)(H,16,18). The summed E-state index contributed by atoms with van der Waals surface area (Å²) in [6, 6.07) is 6.49. The van der Waals surface area contributed by atoms with Crippen LogP contribution in [0.25, 0.3) is 0 Å². The van der Waals surface area contributed by atoms with E-state index < -0.39 is 5.91 Å². The summed E-state index contributed by atoms with van der Waals surface area (Å²) in [7, 11) is 0. The maximum Gasteiger partial charge on any atom is 0.248 e. The van der Waals surface area contributed by atoms with E-state index in [0.29, 0.717) is 17.8 Å². The lowest BCUT2D eigenvalue weighted by atomic mass is 10.0. The van der Waals surface area contributed by atoms with Crippen LogP contribution in [0.1, 0.15) is 30.1 Å². The molecule has 0 saturated heterocycles. The normalized spacial score (nSPS) is 11.9. The van der Waals surface area contributed by atoms with Gasteiger partial charge in [-0.1, -0.05) is 6.92 Å². The monoisotopic (exact) mass is 249 g/mol. The summed E-state index contributed by atoms with van der Waals surface area (Å²) in [4.78, 5) is 22.7. The smallest absolute Gasteiger partial charge is 0.248 e. The van der Waals surface area contributed by atoms with Gasteiger partial charge in [-0.3, -0.25) is 9.59 Å². The Hall–Kier alpha value is -1.88. The summed E-state index contributed by atoms with van der Waals surface area (Å²) in [6.07, 6.45) is 1.59. The lowest BCUT2D eigenvalue weighted by molar-refractivity contribution is -0.119. The van der Waals surface area contributed by atoms with Gasteiger partial charge in [-0.25, -0.2) is 0 Å².